The van der Waals surface area contributed by atoms with E-state index in [0.717, 1.165) is 5.56 Å². The van der Waals surface area contributed by atoms with Crippen LogP contribution in [0.25, 0.3) is 0 Å². The van der Waals surface area contributed by atoms with Crippen LogP contribution in [0.4, 0.5) is 0 Å². The maximum absolute atomic E-state index is 12.9. The fourth-order valence-corrected chi connectivity index (χ4v) is 3.43. The first-order chi connectivity index (χ1) is 17.1. The van der Waals surface area contributed by atoms with Gasteiger partial charge in [0, 0.05) is 25.1 Å². The number of carboxylic acids is 2. The summed E-state index contributed by atoms with van der Waals surface area (Å²) >= 11 is 3.83. The molecule has 0 aliphatic carbocycles. The Morgan fingerprint density at radius 2 is 1.61 bits per heavy atom. The minimum atomic E-state index is -1.40. The number of carbonyl (C=O) groups excluding carboxylic acids is 4. The molecule has 1 rings (SSSR count). The average molecular weight is 528 g/mol. The number of hydrogen-bond donors (Lipinski definition) is 7. The maximum atomic E-state index is 12.9. The number of ketones is 1. The van der Waals surface area contributed by atoms with Crippen molar-refractivity contribution in [1.82, 2.24) is 16.0 Å². The van der Waals surface area contributed by atoms with Crippen molar-refractivity contribution in [3.63, 3.8) is 0 Å². The number of Topliss-reactive ketones (excluding diaryl/α,β-unsaturated/α-hetero) is 1. The van der Waals surface area contributed by atoms with Crippen LogP contribution in [0, 0.1) is 5.92 Å². The highest BCUT2D eigenvalue weighted by Crippen LogP contribution is 2.14. The molecule has 13 nitrogen and oxygen atoms in total. The number of aliphatic carboxylic acids is 2. The van der Waals surface area contributed by atoms with Gasteiger partial charge in [-0.2, -0.15) is 12.6 Å². The molecule has 36 heavy (non-hydrogen) atoms. The second kappa shape index (κ2) is 16.2. The number of benzene rings is 1. The van der Waals surface area contributed by atoms with E-state index in [0.29, 0.717) is 18.5 Å². The Hall–Kier alpha value is -3.49. The van der Waals surface area contributed by atoms with E-state index < -0.39 is 60.4 Å². The van der Waals surface area contributed by atoms with Crippen LogP contribution in [0.1, 0.15) is 30.4 Å². The molecule has 198 valence electrons. The quantitative estimate of drug-likeness (QED) is 0.0557. The number of amides is 3. The monoisotopic (exact) mass is 527 g/mol. The van der Waals surface area contributed by atoms with Crippen molar-refractivity contribution in [2.75, 3.05) is 12.4 Å². The molecule has 0 spiro atoms. The molecule has 1 aromatic carbocycles. The molecule has 0 heterocycles. The largest absolute Gasteiger partial charge is 0.481 e. The summed E-state index contributed by atoms with van der Waals surface area (Å²) in [6, 6.07) is 4.18. The number of carbonyl (C=O) groups is 6. The fourth-order valence-electron chi connectivity index (χ4n) is 3.18. The highest BCUT2D eigenvalue weighted by atomic mass is 32.1. The molecule has 0 saturated carbocycles. The summed E-state index contributed by atoms with van der Waals surface area (Å²) in [6.45, 7) is -0.00828. The van der Waals surface area contributed by atoms with E-state index in [1.54, 1.807) is 24.3 Å². The lowest BCUT2D eigenvalue weighted by atomic mass is 9.93. The van der Waals surface area contributed by atoms with Crippen molar-refractivity contribution < 1.29 is 49.1 Å². The Morgan fingerprint density at radius 1 is 0.972 bits per heavy atom. The lowest BCUT2D eigenvalue weighted by Crippen LogP contribution is -2.47. The molecule has 0 aliphatic heterocycles. The third-order valence-electron chi connectivity index (χ3n) is 5.04. The molecular weight excluding hydrogens is 498 g/mol. The Morgan fingerprint density at radius 3 is 2.14 bits per heavy atom. The van der Waals surface area contributed by atoms with E-state index in [1.807, 2.05) is 0 Å². The normalized spacial score (nSPS) is 13.1. The van der Waals surface area contributed by atoms with Gasteiger partial charge in [0.2, 0.25) is 18.2 Å². The Labute approximate surface area is 211 Å². The number of rotatable bonds is 18. The summed E-state index contributed by atoms with van der Waals surface area (Å²) in [5, 5.41) is 34.0. The zero-order chi connectivity index (χ0) is 27.1. The highest BCUT2D eigenvalue weighted by molar-refractivity contribution is 7.80. The molecule has 0 radical (unpaired) electrons. The maximum Gasteiger partial charge on any atom is 0.327 e. The van der Waals surface area contributed by atoms with Crippen LogP contribution in [0.15, 0.2) is 24.3 Å². The van der Waals surface area contributed by atoms with Crippen molar-refractivity contribution in [2.45, 2.75) is 44.3 Å². The van der Waals surface area contributed by atoms with Gasteiger partial charge in [0.1, 0.15) is 6.04 Å². The third-order valence-corrected chi connectivity index (χ3v) is 5.40. The lowest BCUT2D eigenvalue weighted by Gasteiger charge is -2.21. The lowest BCUT2D eigenvalue weighted by molar-refractivity contribution is -0.243. The van der Waals surface area contributed by atoms with Crippen molar-refractivity contribution in [2.24, 2.45) is 5.92 Å². The molecular formula is C22H29N3O10S. The average Bonchev–Trinajstić information content (AvgIpc) is 2.83. The van der Waals surface area contributed by atoms with Crippen molar-refractivity contribution in [1.29, 1.82) is 0 Å². The van der Waals surface area contributed by atoms with Gasteiger partial charge in [0.25, 0.3) is 0 Å². The summed E-state index contributed by atoms with van der Waals surface area (Å²) < 4.78 is 0. The van der Waals surface area contributed by atoms with Gasteiger partial charge in [-0.15, -0.1) is 0 Å². The van der Waals surface area contributed by atoms with E-state index >= 15 is 0 Å². The van der Waals surface area contributed by atoms with E-state index in [4.69, 9.17) is 15.5 Å². The van der Waals surface area contributed by atoms with E-state index in [9.17, 15) is 28.8 Å². The summed E-state index contributed by atoms with van der Waals surface area (Å²) in [5.41, 5.74) is 1.42. The van der Waals surface area contributed by atoms with Gasteiger partial charge in [0.15, 0.2) is 5.78 Å². The predicted molar refractivity (Wildman–Crippen MR) is 127 cm³/mol. The van der Waals surface area contributed by atoms with Gasteiger partial charge >= 0.3 is 11.9 Å². The first-order valence-corrected chi connectivity index (χ1v) is 11.4. The molecule has 0 aromatic heterocycles. The molecule has 14 heteroatoms. The smallest absolute Gasteiger partial charge is 0.327 e. The standard InChI is InChI=1S/C22H29N3O10S/c26-12-23-10-14-3-1-13(2-4-14)7-19(28)24-16(5-6-35-34)18(27)8-15(9-20(29)30)21(31)25-17(11-36)22(32)33/h1-4,12,15-17,34,36H,5-11H2,(H,23,26)(H,24,28)(H,25,31)(H,29,30)(H,32,33)/t15-,16+,17-/m1/s1. The van der Waals surface area contributed by atoms with Crippen LogP contribution in [0.2, 0.25) is 0 Å². The summed E-state index contributed by atoms with van der Waals surface area (Å²) in [6.07, 6.45) is -1.06. The summed E-state index contributed by atoms with van der Waals surface area (Å²) in [5.74, 6) is -6.63. The molecule has 1 aromatic rings. The summed E-state index contributed by atoms with van der Waals surface area (Å²) in [4.78, 5) is 74.6. The van der Waals surface area contributed by atoms with Crippen molar-refractivity contribution in [3.8, 4) is 0 Å². The second-order valence-electron chi connectivity index (χ2n) is 7.78. The highest BCUT2D eigenvalue weighted by Gasteiger charge is 2.31. The minimum Gasteiger partial charge on any atom is -0.481 e. The number of carboxylic acid groups (broad SMARTS) is 2. The van der Waals surface area contributed by atoms with Crippen molar-refractivity contribution in [3.05, 3.63) is 35.4 Å². The van der Waals surface area contributed by atoms with Crippen LogP contribution < -0.4 is 16.0 Å². The second-order valence-corrected chi connectivity index (χ2v) is 8.15. The van der Waals surface area contributed by atoms with E-state index in [1.165, 1.54) is 0 Å². The van der Waals surface area contributed by atoms with Gasteiger partial charge in [-0.1, -0.05) is 24.3 Å². The Kier molecular flexibility index (Phi) is 13.8. The van der Waals surface area contributed by atoms with Gasteiger partial charge in [-0.05, 0) is 11.1 Å². The van der Waals surface area contributed by atoms with Crippen molar-refractivity contribution >= 4 is 48.6 Å². The molecule has 0 fully saturated rings. The van der Waals surface area contributed by atoms with Gasteiger partial charge < -0.3 is 26.2 Å². The molecule has 3 atom stereocenters. The zero-order valence-corrected chi connectivity index (χ0v) is 20.1. The van der Waals surface area contributed by atoms with E-state index in [2.05, 4.69) is 33.5 Å². The molecule has 0 aliphatic rings. The van der Waals surface area contributed by atoms with Crippen LogP contribution >= 0.6 is 12.6 Å². The first kappa shape index (κ1) is 30.5. The Balaban J connectivity index is 2.88. The molecule has 0 bridgehead atoms. The molecule has 0 unspecified atom stereocenters. The van der Waals surface area contributed by atoms with Crippen LogP contribution in [0.5, 0.6) is 0 Å². The first-order valence-electron chi connectivity index (χ1n) is 10.8. The summed E-state index contributed by atoms with van der Waals surface area (Å²) in [7, 11) is 0. The van der Waals surface area contributed by atoms with E-state index in [-0.39, 0.29) is 25.2 Å². The zero-order valence-electron chi connectivity index (χ0n) is 19.2. The number of nitrogens with one attached hydrogen (secondary N) is 3. The SMILES string of the molecule is O=CNCc1ccc(CC(=O)N[C@@H](CCOO)C(=O)C[C@H](CC(=O)O)C(=O)N[C@H](CS)C(=O)O)cc1. The van der Waals surface area contributed by atoms with Crippen LogP contribution in [-0.4, -0.2) is 75.9 Å². The molecule has 6 N–H and O–H groups in total. The molecule has 3 amide bonds. The molecule has 0 saturated heterocycles. The predicted octanol–water partition coefficient (Wildman–Crippen LogP) is -0.611. The number of hydrogen-bond acceptors (Lipinski definition) is 9. The third kappa shape index (κ3) is 11.3. The fraction of sp³-hybridized carbons (Fsp3) is 0.455. The van der Waals surface area contributed by atoms with Gasteiger partial charge in [-0.25, -0.2) is 9.68 Å². The number of thiol groups is 1. The van der Waals surface area contributed by atoms with Crippen LogP contribution in [0.3, 0.4) is 0 Å². The topological polar surface area (TPSA) is 208 Å². The van der Waals surface area contributed by atoms with Gasteiger partial charge in [0.05, 0.1) is 31.4 Å². The van der Waals surface area contributed by atoms with Crippen LogP contribution in [-0.2, 0) is 46.6 Å². The Bertz CT molecular complexity index is 925. The van der Waals surface area contributed by atoms with Gasteiger partial charge in [-0.3, -0.25) is 29.2 Å². The minimum absolute atomic E-state index is 0.105.